The van der Waals surface area contributed by atoms with Gasteiger partial charge in [-0.05, 0) is 24.6 Å². The van der Waals surface area contributed by atoms with E-state index in [-0.39, 0.29) is 0 Å². The van der Waals surface area contributed by atoms with Gasteiger partial charge in [-0.3, -0.25) is 14.2 Å². The van der Waals surface area contributed by atoms with Crippen molar-refractivity contribution >= 4 is 46.2 Å². The number of nitrogens with one attached hydrogen (secondary N) is 1. The molecule has 1 fully saturated rings. The maximum absolute atomic E-state index is 11.8. The first-order valence-electron chi connectivity index (χ1n) is 9.95. The number of fused-ring (bicyclic) bond motifs is 1. The van der Waals surface area contributed by atoms with Gasteiger partial charge in [0.1, 0.15) is 6.33 Å². The zero-order valence-corrected chi connectivity index (χ0v) is 18.7. The molecule has 4 atom stereocenters. The summed E-state index contributed by atoms with van der Waals surface area (Å²) in [5, 5.41) is 3.79. The SMILES string of the molecule is C#C[C@H]1O[C@@H](n2cnc3c(Nc4cc(Cl)ccc4C)ncnc32)[C@H](OC(C)=O)[C@@H]1OC(C)=O. The number of nitrogens with zero attached hydrogens (tertiary/aromatic N) is 4. The normalized spacial score (nSPS) is 22.0. The largest absolute Gasteiger partial charge is 0.455 e. The van der Waals surface area contributed by atoms with Crippen LogP contribution < -0.4 is 5.32 Å². The van der Waals surface area contributed by atoms with Crippen molar-refractivity contribution in [3.05, 3.63) is 41.4 Å². The summed E-state index contributed by atoms with van der Waals surface area (Å²) in [5.41, 5.74) is 2.55. The summed E-state index contributed by atoms with van der Waals surface area (Å²) in [6.45, 7) is 4.41. The average Bonchev–Trinajstić information content (AvgIpc) is 3.32. The number of hydrogen-bond donors (Lipinski definition) is 1. The number of rotatable bonds is 5. The first-order chi connectivity index (χ1) is 15.8. The van der Waals surface area contributed by atoms with Crippen molar-refractivity contribution in [2.24, 2.45) is 0 Å². The van der Waals surface area contributed by atoms with E-state index >= 15 is 0 Å². The van der Waals surface area contributed by atoms with Gasteiger partial charge in [-0.15, -0.1) is 6.42 Å². The van der Waals surface area contributed by atoms with E-state index in [0.717, 1.165) is 11.3 Å². The van der Waals surface area contributed by atoms with Crippen molar-refractivity contribution in [2.45, 2.75) is 45.3 Å². The molecule has 0 aliphatic carbocycles. The van der Waals surface area contributed by atoms with Crippen LogP contribution in [-0.4, -0.2) is 49.8 Å². The van der Waals surface area contributed by atoms with Gasteiger partial charge in [0, 0.05) is 24.6 Å². The lowest BCUT2D eigenvalue weighted by molar-refractivity contribution is -0.165. The van der Waals surface area contributed by atoms with E-state index < -0.39 is 36.5 Å². The van der Waals surface area contributed by atoms with Crippen molar-refractivity contribution in [2.75, 3.05) is 5.32 Å². The lowest BCUT2D eigenvalue weighted by Gasteiger charge is -2.23. The fraction of sp³-hybridized carbons (Fsp3) is 0.318. The van der Waals surface area contributed by atoms with Gasteiger partial charge in [0.05, 0.1) is 6.33 Å². The number of imidazole rings is 1. The Labute approximate surface area is 194 Å². The third-order valence-corrected chi connectivity index (χ3v) is 5.28. The second-order valence-electron chi connectivity index (χ2n) is 7.39. The summed E-state index contributed by atoms with van der Waals surface area (Å²) in [5.74, 6) is 1.71. The Bertz CT molecular complexity index is 1270. The molecule has 0 spiro atoms. The van der Waals surface area contributed by atoms with E-state index in [1.54, 1.807) is 16.7 Å². The fourth-order valence-corrected chi connectivity index (χ4v) is 3.79. The minimum atomic E-state index is -1.01. The van der Waals surface area contributed by atoms with Crippen LogP contribution in [-0.2, 0) is 23.8 Å². The molecule has 1 saturated heterocycles. The van der Waals surface area contributed by atoms with Gasteiger partial charge in [0.2, 0.25) is 0 Å². The highest BCUT2D eigenvalue weighted by Crippen LogP contribution is 2.36. The Morgan fingerprint density at radius 1 is 1.18 bits per heavy atom. The van der Waals surface area contributed by atoms with Crippen LogP contribution in [0.1, 0.15) is 25.6 Å². The maximum Gasteiger partial charge on any atom is 0.303 e. The zero-order chi connectivity index (χ0) is 23.7. The predicted octanol–water partition coefficient (Wildman–Crippen LogP) is 2.93. The highest BCUT2D eigenvalue weighted by molar-refractivity contribution is 6.30. The molecule has 1 aliphatic rings. The molecule has 3 heterocycles. The van der Waals surface area contributed by atoms with Crippen LogP contribution in [0.15, 0.2) is 30.9 Å². The fourth-order valence-electron chi connectivity index (χ4n) is 3.62. The van der Waals surface area contributed by atoms with Crippen LogP contribution in [0.5, 0.6) is 0 Å². The van der Waals surface area contributed by atoms with Crippen LogP contribution in [0.25, 0.3) is 11.2 Å². The molecule has 3 aromatic rings. The molecule has 1 aliphatic heterocycles. The maximum atomic E-state index is 11.8. The van der Waals surface area contributed by atoms with E-state index in [1.165, 1.54) is 26.5 Å². The number of aryl methyl sites for hydroxylation is 1. The molecular formula is C22H20ClN5O5. The molecule has 0 bridgehead atoms. The molecule has 11 heteroatoms. The third kappa shape index (κ3) is 4.46. The number of anilines is 2. The van der Waals surface area contributed by atoms with Crippen molar-refractivity contribution in [3.63, 3.8) is 0 Å². The number of carbonyl (C=O) groups is 2. The Balaban J connectivity index is 1.74. The van der Waals surface area contributed by atoms with Gasteiger partial charge >= 0.3 is 11.9 Å². The Hall–Kier alpha value is -3.68. The summed E-state index contributed by atoms with van der Waals surface area (Å²) in [4.78, 5) is 36.4. The van der Waals surface area contributed by atoms with Gasteiger partial charge in [-0.2, -0.15) is 0 Å². The highest BCUT2D eigenvalue weighted by atomic mass is 35.5. The van der Waals surface area contributed by atoms with Crippen molar-refractivity contribution in [1.29, 1.82) is 0 Å². The van der Waals surface area contributed by atoms with Crippen molar-refractivity contribution < 1.29 is 23.8 Å². The number of halogens is 1. The van der Waals surface area contributed by atoms with E-state index in [1.807, 2.05) is 13.0 Å². The third-order valence-electron chi connectivity index (χ3n) is 5.04. The van der Waals surface area contributed by atoms with Gasteiger partial charge in [-0.1, -0.05) is 23.6 Å². The molecule has 0 unspecified atom stereocenters. The molecule has 0 amide bonds. The minimum Gasteiger partial charge on any atom is -0.455 e. The average molecular weight is 470 g/mol. The highest BCUT2D eigenvalue weighted by Gasteiger charge is 2.50. The summed E-state index contributed by atoms with van der Waals surface area (Å²) in [6.07, 6.45) is 4.55. The summed E-state index contributed by atoms with van der Waals surface area (Å²) in [6, 6.07) is 5.45. The Kier molecular flexibility index (Phi) is 6.18. The van der Waals surface area contributed by atoms with E-state index in [0.29, 0.717) is 22.0 Å². The molecule has 1 aromatic carbocycles. The molecule has 0 saturated carbocycles. The van der Waals surface area contributed by atoms with Crippen LogP contribution in [0.3, 0.4) is 0 Å². The van der Waals surface area contributed by atoms with Gasteiger partial charge in [0.25, 0.3) is 0 Å². The topological polar surface area (TPSA) is 117 Å². The molecular weight excluding hydrogens is 450 g/mol. The second kappa shape index (κ2) is 9.05. The number of carbonyl (C=O) groups excluding carboxylic acids is 2. The standard InChI is InChI=1S/C22H20ClN5O5/c1-5-16-18(31-12(3)29)19(32-13(4)30)22(33-16)28-10-26-17-20(24-9-25-21(17)28)27-15-8-14(23)7-6-11(15)2/h1,6-10,16,18-19,22H,2-4H3,(H,24,25,27)/t16-,18-,19-,22-/m1/s1. The van der Waals surface area contributed by atoms with E-state index in [4.69, 9.17) is 32.2 Å². The van der Waals surface area contributed by atoms with Gasteiger partial charge in [0.15, 0.2) is 41.5 Å². The molecule has 33 heavy (non-hydrogen) atoms. The molecule has 2 aromatic heterocycles. The number of ether oxygens (including phenoxy) is 3. The Morgan fingerprint density at radius 3 is 2.61 bits per heavy atom. The lowest BCUT2D eigenvalue weighted by Crippen LogP contribution is -2.38. The molecule has 4 rings (SSSR count). The Morgan fingerprint density at radius 2 is 1.91 bits per heavy atom. The second-order valence-corrected chi connectivity index (χ2v) is 7.83. The number of hydrogen-bond acceptors (Lipinski definition) is 9. The summed E-state index contributed by atoms with van der Waals surface area (Å²) >= 11 is 6.12. The summed E-state index contributed by atoms with van der Waals surface area (Å²) < 4.78 is 18.2. The molecule has 170 valence electrons. The zero-order valence-electron chi connectivity index (χ0n) is 18.0. The van der Waals surface area contributed by atoms with Gasteiger partial charge < -0.3 is 19.5 Å². The monoisotopic (exact) mass is 469 g/mol. The number of terminal acetylenes is 1. The molecule has 1 N–H and O–H groups in total. The molecule has 0 radical (unpaired) electrons. The smallest absolute Gasteiger partial charge is 0.303 e. The predicted molar refractivity (Wildman–Crippen MR) is 119 cm³/mol. The quantitative estimate of drug-likeness (QED) is 0.444. The first kappa shape index (κ1) is 22.5. The van der Waals surface area contributed by atoms with Crippen molar-refractivity contribution in [3.8, 4) is 12.3 Å². The molecule has 10 nitrogen and oxygen atoms in total. The lowest BCUT2D eigenvalue weighted by atomic mass is 10.1. The van der Waals surface area contributed by atoms with Crippen LogP contribution >= 0.6 is 11.6 Å². The van der Waals surface area contributed by atoms with E-state index in [2.05, 4.69) is 26.2 Å². The number of benzene rings is 1. The number of esters is 2. The van der Waals surface area contributed by atoms with Gasteiger partial charge in [-0.25, -0.2) is 15.0 Å². The minimum absolute atomic E-state index is 0.397. The van der Waals surface area contributed by atoms with E-state index in [9.17, 15) is 9.59 Å². The van der Waals surface area contributed by atoms with Crippen LogP contribution in [0.2, 0.25) is 5.02 Å². The van der Waals surface area contributed by atoms with Crippen LogP contribution in [0.4, 0.5) is 11.5 Å². The number of aromatic nitrogens is 4. The first-order valence-corrected chi connectivity index (χ1v) is 10.3. The van der Waals surface area contributed by atoms with Crippen molar-refractivity contribution in [1.82, 2.24) is 19.5 Å². The summed E-state index contributed by atoms with van der Waals surface area (Å²) in [7, 11) is 0. The van der Waals surface area contributed by atoms with Crippen LogP contribution in [0, 0.1) is 19.3 Å².